The maximum Gasteiger partial charge on any atom is 0.172 e. The molecule has 2 rings (SSSR count). The van der Waals surface area contributed by atoms with Crippen molar-refractivity contribution in [3.63, 3.8) is 0 Å². The second-order valence-electron chi connectivity index (χ2n) is 3.30. The molecule has 0 bridgehead atoms. The zero-order chi connectivity index (χ0) is 11.0. The molecule has 2 aromatic rings. The van der Waals surface area contributed by atoms with E-state index >= 15 is 0 Å². The zero-order valence-corrected chi connectivity index (χ0v) is 8.12. The molecule has 0 aliphatic carbocycles. The van der Waals surface area contributed by atoms with Gasteiger partial charge in [-0.15, -0.1) is 6.42 Å². The van der Waals surface area contributed by atoms with E-state index in [0.29, 0.717) is 22.3 Å². The van der Waals surface area contributed by atoms with Gasteiger partial charge in [-0.3, -0.25) is 0 Å². The van der Waals surface area contributed by atoms with E-state index in [1.165, 1.54) is 18.2 Å². The molecule has 0 saturated carbocycles. The van der Waals surface area contributed by atoms with Gasteiger partial charge in [0.05, 0.1) is 0 Å². The Kier molecular flexibility index (Phi) is 2.22. The maximum absolute atomic E-state index is 13.0. The monoisotopic (exact) mass is 204 g/mol. The Morgan fingerprint density at radius 1 is 1.53 bits per heavy atom. The fourth-order valence-electron chi connectivity index (χ4n) is 1.55. The van der Waals surface area contributed by atoms with Crippen LogP contribution >= 0.6 is 0 Å². The molecule has 0 spiro atoms. The number of terminal acetylenes is 1. The Morgan fingerprint density at radius 3 is 2.93 bits per heavy atom. The minimum atomic E-state index is -1.08. The smallest absolute Gasteiger partial charge is 0.172 e. The summed E-state index contributed by atoms with van der Waals surface area (Å²) in [5, 5.41) is 10.1. The lowest BCUT2D eigenvalue weighted by Crippen LogP contribution is -1.92. The molecule has 3 heteroatoms. The number of aliphatic hydroxyl groups is 1. The van der Waals surface area contributed by atoms with E-state index in [0.717, 1.165) is 0 Å². The standard InChI is InChI=1S/C12H9FO2/c1-3-10(14)12-7(2)9-6-8(13)4-5-11(9)15-12/h1,4-6,10,14H,2H3. The Morgan fingerprint density at radius 2 is 2.27 bits per heavy atom. The average Bonchev–Trinajstić information content (AvgIpc) is 2.55. The molecule has 0 aliphatic rings. The summed E-state index contributed by atoms with van der Waals surface area (Å²) >= 11 is 0. The number of hydrogen-bond donors (Lipinski definition) is 1. The zero-order valence-electron chi connectivity index (χ0n) is 8.12. The highest BCUT2D eigenvalue weighted by molar-refractivity contribution is 5.82. The number of furan rings is 1. The van der Waals surface area contributed by atoms with Gasteiger partial charge in [0, 0.05) is 10.9 Å². The predicted molar refractivity (Wildman–Crippen MR) is 54.7 cm³/mol. The van der Waals surface area contributed by atoms with Gasteiger partial charge in [-0.1, -0.05) is 5.92 Å². The summed E-state index contributed by atoms with van der Waals surface area (Å²) in [7, 11) is 0. The number of halogens is 1. The van der Waals surface area contributed by atoms with Crippen LogP contribution in [-0.4, -0.2) is 5.11 Å². The molecule has 0 amide bonds. The first-order valence-electron chi connectivity index (χ1n) is 4.46. The summed E-state index contributed by atoms with van der Waals surface area (Å²) in [5.41, 5.74) is 1.20. The van der Waals surface area contributed by atoms with Crippen molar-refractivity contribution in [2.45, 2.75) is 13.0 Å². The highest BCUT2D eigenvalue weighted by Gasteiger charge is 2.16. The number of hydrogen-bond acceptors (Lipinski definition) is 2. The predicted octanol–water partition coefficient (Wildman–Crippen LogP) is 2.55. The third kappa shape index (κ3) is 1.49. The lowest BCUT2D eigenvalue weighted by molar-refractivity contribution is 0.208. The largest absolute Gasteiger partial charge is 0.457 e. The highest BCUT2D eigenvalue weighted by atomic mass is 19.1. The molecular formula is C12H9FO2. The molecule has 15 heavy (non-hydrogen) atoms. The lowest BCUT2D eigenvalue weighted by atomic mass is 10.1. The van der Waals surface area contributed by atoms with Gasteiger partial charge in [0.2, 0.25) is 0 Å². The molecule has 1 aromatic carbocycles. The van der Waals surface area contributed by atoms with Crippen molar-refractivity contribution < 1.29 is 13.9 Å². The first-order chi connectivity index (χ1) is 7.13. The molecule has 1 aromatic heterocycles. The van der Waals surface area contributed by atoms with Crippen LogP contribution in [0.15, 0.2) is 22.6 Å². The highest BCUT2D eigenvalue weighted by Crippen LogP contribution is 2.29. The molecule has 1 heterocycles. The van der Waals surface area contributed by atoms with Crippen molar-refractivity contribution in [3.8, 4) is 12.3 Å². The number of aryl methyl sites for hydroxylation is 1. The Balaban J connectivity index is 2.71. The number of benzene rings is 1. The minimum Gasteiger partial charge on any atom is -0.457 e. The number of rotatable bonds is 1. The Hall–Kier alpha value is -1.79. The molecular weight excluding hydrogens is 195 g/mol. The van der Waals surface area contributed by atoms with Crippen molar-refractivity contribution in [3.05, 3.63) is 35.3 Å². The fraction of sp³-hybridized carbons (Fsp3) is 0.167. The molecule has 0 saturated heterocycles. The van der Waals surface area contributed by atoms with Gasteiger partial charge in [0.1, 0.15) is 17.2 Å². The topological polar surface area (TPSA) is 33.4 Å². The second-order valence-corrected chi connectivity index (χ2v) is 3.30. The molecule has 0 fully saturated rings. The molecule has 0 aliphatic heterocycles. The maximum atomic E-state index is 13.0. The van der Waals surface area contributed by atoms with Gasteiger partial charge >= 0.3 is 0 Å². The van der Waals surface area contributed by atoms with Crippen molar-refractivity contribution >= 4 is 11.0 Å². The normalized spacial score (nSPS) is 12.7. The first kappa shape index (κ1) is 9.75. The lowest BCUT2D eigenvalue weighted by Gasteiger charge is -1.98. The van der Waals surface area contributed by atoms with E-state index in [9.17, 15) is 9.50 Å². The summed E-state index contributed by atoms with van der Waals surface area (Å²) in [4.78, 5) is 0. The van der Waals surface area contributed by atoms with Crippen LogP contribution in [0.2, 0.25) is 0 Å². The third-order valence-electron chi connectivity index (χ3n) is 2.34. The Bertz CT molecular complexity index is 548. The molecule has 1 N–H and O–H groups in total. The summed E-state index contributed by atoms with van der Waals surface area (Å²) < 4.78 is 18.3. The van der Waals surface area contributed by atoms with E-state index in [-0.39, 0.29) is 5.82 Å². The summed E-state index contributed by atoms with van der Waals surface area (Å²) in [6.07, 6.45) is 4.01. The van der Waals surface area contributed by atoms with Crippen molar-refractivity contribution in [1.82, 2.24) is 0 Å². The second kappa shape index (κ2) is 3.41. The van der Waals surface area contributed by atoms with Gasteiger partial charge < -0.3 is 9.52 Å². The van der Waals surface area contributed by atoms with E-state index in [4.69, 9.17) is 10.8 Å². The van der Waals surface area contributed by atoms with Crippen LogP contribution in [0.4, 0.5) is 4.39 Å². The van der Waals surface area contributed by atoms with Crippen molar-refractivity contribution in [2.75, 3.05) is 0 Å². The van der Waals surface area contributed by atoms with Gasteiger partial charge in [-0.2, -0.15) is 0 Å². The molecule has 2 nitrogen and oxygen atoms in total. The fourth-order valence-corrected chi connectivity index (χ4v) is 1.55. The van der Waals surface area contributed by atoms with Crippen LogP contribution in [0.1, 0.15) is 17.4 Å². The van der Waals surface area contributed by atoms with Crippen molar-refractivity contribution in [2.24, 2.45) is 0 Å². The minimum absolute atomic E-state index is 0.304. The summed E-state index contributed by atoms with van der Waals surface area (Å²) in [6.45, 7) is 1.74. The molecule has 76 valence electrons. The van der Waals surface area contributed by atoms with Gasteiger partial charge in [-0.25, -0.2) is 4.39 Å². The molecule has 1 unspecified atom stereocenters. The van der Waals surface area contributed by atoms with Crippen LogP contribution in [0, 0.1) is 25.1 Å². The van der Waals surface area contributed by atoms with Gasteiger partial charge in [-0.05, 0) is 25.1 Å². The van der Waals surface area contributed by atoms with Crippen LogP contribution in [0.25, 0.3) is 11.0 Å². The SMILES string of the molecule is C#CC(O)c1oc2ccc(F)cc2c1C. The third-order valence-corrected chi connectivity index (χ3v) is 2.34. The van der Waals surface area contributed by atoms with Crippen LogP contribution in [0.3, 0.4) is 0 Å². The first-order valence-corrected chi connectivity index (χ1v) is 4.46. The van der Waals surface area contributed by atoms with E-state index in [1.807, 2.05) is 0 Å². The van der Waals surface area contributed by atoms with E-state index in [2.05, 4.69) is 5.92 Å². The molecule has 0 radical (unpaired) electrons. The van der Waals surface area contributed by atoms with Gasteiger partial charge in [0.15, 0.2) is 6.10 Å². The van der Waals surface area contributed by atoms with E-state index in [1.54, 1.807) is 6.92 Å². The molecule has 1 atom stereocenters. The summed E-state index contributed by atoms with van der Waals surface area (Å²) in [6, 6.07) is 4.18. The summed E-state index contributed by atoms with van der Waals surface area (Å²) in [5.74, 6) is 2.13. The van der Waals surface area contributed by atoms with Crippen LogP contribution in [-0.2, 0) is 0 Å². The average molecular weight is 204 g/mol. The quantitative estimate of drug-likeness (QED) is 0.724. The number of aliphatic hydroxyl groups excluding tert-OH is 1. The van der Waals surface area contributed by atoms with E-state index < -0.39 is 6.10 Å². The van der Waals surface area contributed by atoms with Crippen LogP contribution in [0.5, 0.6) is 0 Å². The van der Waals surface area contributed by atoms with Crippen LogP contribution < -0.4 is 0 Å². The van der Waals surface area contributed by atoms with Gasteiger partial charge in [0.25, 0.3) is 0 Å². The van der Waals surface area contributed by atoms with Crippen molar-refractivity contribution in [1.29, 1.82) is 0 Å². The number of fused-ring (bicyclic) bond motifs is 1. The Labute approximate surface area is 86.3 Å².